The molecule has 4 heteroatoms. The molecular formula is C16H27N3O. The van der Waals surface area contributed by atoms with Crippen molar-refractivity contribution in [3.05, 3.63) is 35.4 Å². The highest BCUT2D eigenvalue weighted by atomic mass is 16.5. The van der Waals surface area contributed by atoms with Gasteiger partial charge in [-0.25, -0.2) is 0 Å². The molecule has 0 radical (unpaired) electrons. The summed E-state index contributed by atoms with van der Waals surface area (Å²) in [5.41, 5.74) is 2.66. The van der Waals surface area contributed by atoms with Crippen molar-refractivity contribution >= 4 is 5.96 Å². The van der Waals surface area contributed by atoms with Crippen molar-refractivity contribution in [1.29, 1.82) is 0 Å². The molecule has 0 aliphatic heterocycles. The van der Waals surface area contributed by atoms with E-state index in [0.29, 0.717) is 6.61 Å². The number of aryl methyl sites for hydroxylation is 1. The van der Waals surface area contributed by atoms with Crippen LogP contribution >= 0.6 is 0 Å². The van der Waals surface area contributed by atoms with E-state index >= 15 is 0 Å². The Bertz CT molecular complexity index is 401. The lowest BCUT2D eigenvalue weighted by molar-refractivity contribution is 0.152. The van der Waals surface area contributed by atoms with E-state index in [9.17, 15) is 0 Å². The van der Waals surface area contributed by atoms with Gasteiger partial charge < -0.3 is 15.0 Å². The zero-order chi connectivity index (χ0) is 14.8. The van der Waals surface area contributed by atoms with Crippen molar-refractivity contribution < 1.29 is 4.74 Å². The number of aliphatic imine (C=N–C) groups is 1. The van der Waals surface area contributed by atoms with Gasteiger partial charge in [-0.3, -0.25) is 4.99 Å². The lowest BCUT2D eigenvalue weighted by atomic mass is 10.1. The fourth-order valence-electron chi connectivity index (χ4n) is 1.99. The van der Waals surface area contributed by atoms with Gasteiger partial charge in [0, 0.05) is 33.8 Å². The molecule has 1 rings (SSSR count). The largest absolute Gasteiger partial charge is 0.380 e. The monoisotopic (exact) mass is 277 g/mol. The summed E-state index contributed by atoms with van der Waals surface area (Å²) < 4.78 is 5.32. The van der Waals surface area contributed by atoms with E-state index in [1.165, 1.54) is 11.1 Å². The van der Waals surface area contributed by atoms with E-state index < -0.39 is 0 Å². The number of ether oxygens (including phenoxy) is 1. The van der Waals surface area contributed by atoms with Crippen LogP contribution in [0.25, 0.3) is 0 Å². The summed E-state index contributed by atoms with van der Waals surface area (Å²) in [6.45, 7) is 7.25. The predicted molar refractivity (Wildman–Crippen MR) is 85.1 cm³/mol. The van der Waals surface area contributed by atoms with Crippen LogP contribution < -0.4 is 5.32 Å². The molecule has 0 saturated heterocycles. The number of nitrogens with one attached hydrogen (secondary N) is 1. The van der Waals surface area contributed by atoms with Gasteiger partial charge in [0.2, 0.25) is 0 Å². The maximum absolute atomic E-state index is 5.32. The van der Waals surface area contributed by atoms with Gasteiger partial charge in [0.15, 0.2) is 5.96 Å². The first-order chi connectivity index (χ1) is 9.71. The molecule has 0 fully saturated rings. The molecule has 0 aliphatic rings. The van der Waals surface area contributed by atoms with Gasteiger partial charge in [-0.1, -0.05) is 31.2 Å². The van der Waals surface area contributed by atoms with E-state index in [2.05, 4.69) is 46.4 Å². The Morgan fingerprint density at radius 1 is 1.20 bits per heavy atom. The highest BCUT2D eigenvalue weighted by molar-refractivity contribution is 5.79. The fourth-order valence-corrected chi connectivity index (χ4v) is 1.99. The van der Waals surface area contributed by atoms with Crippen LogP contribution in [-0.4, -0.2) is 44.7 Å². The Balaban J connectivity index is 2.47. The van der Waals surface area contributed by atoms with Gasteiger partial charge in [0.1, 0.15) is 0 Å². The first-order valence-corrected chi connectivity index (χ1v) is 7.28. The Hall–Kier alpha value is -1.55. The minimum absolute atomic E-state index is 0.703. The Labute approximate surface area is 122 Å². The Morgan fingerprint density at radius 3 is 2.40 bits per heavy atom. The highest BCUT2D eigenvalue weighted by Gasteiger charge is 2.06. The molecule has 20 heavy (non-hydrogen) atoms. The molecule has 4 nitrogen and oxygen atoms in total. The smallest absolute Gasteiger partial charge is 0.193 e. The number of rotatable bonds is 7. The molecule has 0 spiro atoms. The molecule has 0 heterocycles. The zero-order valence-corrected chi connectivity index (χ0v) is 13.1. The molecule has 0 unspecified atom stereocenters. The lowest BCUT2D eigenvalue weighted by Gasteiger charge is -2.22. The van der Waals surface area contributed by atoms with E-state index in [-0.39, 0.29) is 0 Å². The zero-order valence-electron chi connectivity index (χ0n) is 13.1. The van der Waals surface area contributed by atoms with Crippen LogP contribution in [0, 0.1) is 0 Å². The molecule has 0 saturated carbocycles. The van der Waals surface area contributed by atoms with Crippen LogP contribution in [-0.2, 0) is 17.7 Å². The number of guanidine groups is 1. The Morgan fingerprint density at radius 2 is 1.85 bits per heavy atom. The van der Waals surface area contributed by atoms with Gasteiger partial charge in [-0.2, -0.15) is 0 Å². The first-order valence-electron chi connectivity index (χ1n) is 7.28. The standard InChI is InChI=1S/C16H27N3O/c1-5-14-7-9-15(10-8-14)13-19(4)16(17-3)18-11-12-20-6-2/h7-10H,5-6,11-13H2,1-4H3,(H,17,18). The summed E-state index contributed by atoms with van der Waals surface area (Å²) in [7, 11) is 3.85. The minimum Gasteiger partial charge on any atom is -0.380 e. The SMILES string of the molecule is CCOCCNC(=NC)N(C)Cc1ccc(CC)cc1. The molecule has 1 aromatic rings. The maximum Gasteiger partial charge on any atom is 0.193 e. The summed E-state index contributed by atoms with van der Waals surface area (Å²) in [6, 6.07) is 8.74. The highest BCUT2D eigenvalue weighted by Crippen LogP contribution is 2.07. The quantitative estimate of drug-likeness (QED) is 0.472. The normalized spacial score (nSPS) is 11.5. The summed E-state index contributed by atoms with van der Waals surface area (Å²) in [5, 5.41) is 3.30. The van der Waals surface area contributed by atoms with Crippen molar-refractivity contribution in [2.24, 2.45) is 4.99 Å². The fraction of sp³-hybridized carbons (Fsp3) is 0.562. The average Bonchev–Trinajstić information content (AvgIpc) is 2.48. The van der Waals surface area contributed by atoms with Crippen LogP contribution in [0.4, 0.5) is 0 Å². The molecule has 0 atom stereocenters. The molecular weight excluding hydrogens is 250 g/mol. The predicted octanol–water partition coefficient (Wildman–Crippen LogP) is 2.29. The van der Waals surface area contributed by atoms with Crippen molar-refractivity contribution in [3.63, 3.8) is 0 Å². The number of nitrogens with zero attached hydrogens (tertiary/aromatic N) is 2. The van der Waals surface area contributed by atoms with E-state index in [1.807, 2.05) is 14.0 Å². The van der Waals surface area contributed by atoms with Gasteiger partial charge in [-0.15, -0.1) is 0 Å². The maximum atomic E-state index is 5.32. The topological polar surface area (TPSA) is 36.9 Å². The molecule has 1 N–H and O–H groups in total. The van der Waals surface area contributed by atoms with Crippen LogP contribution in [0.15, 0.2) is 29.3 Å². The average molecular weight is 277 g/mol. The number of hydrogen-bond donors (Lipinski definition) is 1. The molecule has 0 bridgehead atoms. The van der Waals surface area contributed by atoms with Crippen LogP contribution in [0.5, 0.6) is 0 Å². The van der Waals surface area contributed by atoms with Crippen molar-refractivity contribution in [2.75, 3.05) is 33.9 Å². The summed E-state index contributed by atoms with van der Waals surface area (Å²) in [6.07, 6.45) is 1.08. The van der Waals surface area contributed by atoms with Gasteiger partial charge in [0.05, 0.1) is 6.61 Å². The number of hydrogen-bond acceptors (Lipinski definition) is 2. The van der Waals surface area contributed by atoms with Crippen molar-refractivity contribution in [3.8, 4) is 0 Å². The van der Waals surface area contributed by atoms with Gasteiger partial charge in [0.25, 0.3) is 0 Å². The van der Waals surface area contributed by atoms with Crippen molar-refractivity contribution in [2.45, 2.75) is 26.8 Å². The third-order valence-electron chi connectivity index (χ3n) is 3.16. The molecule has 112 valence electrons. The lowest BCUT2D eigenvalue weighted by Crippen LogP contribution is -2.39. The third-order valence-corrected chi connectivity index (χ3v) is 3.16. The second-order valence-electron chi connectivity index (χ2n) is 4.70. The summed E-state index contributed by atoms with van der Waals surface area (Å²) in [4.78, 5) is 6.41. The van der Waals surface area contributed by atoms with Crippen LogP contribution in [0.3, 0.4) is 0 Å². The summed E-state index contributed by atoms with van der Waals surface area (Å²) >= 11 is 0. The minimum atomic E-state index is 0.703. The second-order valence-corrected chi connectivity index (χ2v) is 4.70. The molecule has 0 aliphatic carbocycles. The van der Waals surface area contributed by atoms with E-state index in [0.717, 1.165) is 32.1 Å². The summed E-state index contributed by atoms with van der Waals surface area (Å²) in [5.74, 6) is 0.893. The van der Waals surface area contributed by atoms with Gasteiger partial charge >= 0.3 is 0 Å². The first kappa shape index (κ1) is 16.5. The van der Waals surface area contributed by atoms with Crippen molar-refractivity contribution in [1.82, 2.24) is 10.2 Å². The molecule has 0 aromatic heterocycles. The number of benzene rings is 1. The second kappa shape index (κ2) is 9.37. The molecule has 1 aromatic carbocycles. The van der Waals surface area contributed by atoms with E-state index in [4.69, 9.17) is 4.74 Å². The molecule has 0 amide bonds. The van der Waals surface area contributed by atoms with E-state index in [1.54, 1.807) is 7.05 Å². The Kier molecular flexibility index (Phi) is 7.73. The van der Waals surface area contributed by atoms with Gasteiger partial charge in [-0.05, 0) is 24.5 Å². The van der Waals surface area contributed by atoms with Crippen LogP contribution in [0.1, 0.15) is 25.0 Å². The van der Waals surface area contributed by atoms with Crippen LogP contribution in [0.2, 0.25) is 0 Å². The third kappa shape index (κ3) is 5.61.